The Kier molecular flexibility index (Phi) is 4.59. The number of nitro benzene ring substituents is 1. The summed E-state index contributed by atoms with van der Waals surface area (Å²) in [6.07, 6.45) is 0. The van der Waals surface area contributed by atoms with Gasteiger partial charge in [-0.1, -0.05) is 29.8 Å². The minimum atomic E-state index is -3.38. The van der Waals surface area contributed by atoms with E-state index in [9.17, 15) is 23.3 Å². The summed E-state index contributed by atoms with van der Waals surface area (Å²) >= 11 is 6.04. The highest BCUT2D eigenvalue weighted by atomic mass is 35.5. The fraction of sp³-hybridized carbons (Fsp3) is 0.111. The summed E-state index contributed by atoms with van der Waals surface area (Å²) in [5.74, 6) is -1.13. The fourth-order valence-corrected chi connectivity index (χ4v) is 4.84. The number of hydrogen-bond acceptors (Lipinski definition) is 6. The van der Waals surface area contributed by atoms with E-state index >= 15 is 0 Å². The third-order valence-corrected chi connectivity index (χ3v) is 6.09. The first-order chi connectivity index (χ1) is 13.7. The molecule has 0 saturated heterocycles. The number of nitro groups is 1. The Morgan fingerprint density at radius 2 is 1.93 bits per heavy atom. The number of carbonyl (C=O) groups is 1. The summed E-state index contributed by atoms with van der Waals surface area (Å²) in [6, 6.07) is 12.2. The number of anilines is 1. The van der Waals surface area contributed by atoms with Crippen molar-refractivity contribution in [2.24, 2.45) is 0 Å². The van der Waals surface area contributed by atoms with Gasteiger partial charge in [-0.2, -0.15) is 5.10 Å². The topological polar surface area (TPSA) is 124 Å². The highest BCUT2D eigenvalue weighted by Gasteiger charge is 2.34. The van der Waals surface area contributed by atoms with Crippen LogP contribution in [0, 0.1) is 10.1 Å². The third-order valence-electron chi connectivity index (χ3n) is 4.42. The van der Waals surface area contributed by atoms with Crippen LogP contribution in [0.5, 0.6) is 0 Å². The van der Waals surface area contributed by atoms with Crippen LogP contribution in [0.25, 0.3) is 5.69 Å². The summed E-state index contributed by atoms with van der Waals surface area (Å²) < 4.78 is 25.4. The number of nitrogens with zero attached hydrogens (tertiary/aromatic N) is 3. The lowest BCUT2D eigenvalue weighted by Crippen LogP contribution is -2.18. The van der Waals surface area contributed by atoms with E-state index in [1.807, 2.05) is 0 Å². The van der Waals surface area contributed by atoms with Crippen molar-refractivity contribution in [2.45, 2.75) is 11.5 Å². The molecule has 11 heteroatoms. The highest BCUT2D eigenvalue weighted by molar-refractivity contribution is 7.90. The Morgan fingerprint density at radius 1 is 1.17 bits per heavy atom. The minimum Gasteiger partial charge on any atom is -0.306 e. The second-order valence-corrected chi connectivity index (χ2v) is 8.93. The number of nitrogens with one attached hydrogen (secondary N) is 1. The Hall–Kier alpha value is -3.24. The molecular formula is C18H13ClN4O5S. The van der Waals surface area contributed by atoms with Crippen LogP contribution in [-0.4, -0.2) is 29.0 Å². The largest absolute Gasteiger partial charge is 0.306 e. The Bertz CT molecular complexity index is 1270. The molecule has 0 fully saturated rings. The van der Waals surface area contributed by atoms with Gasteiger partial charge in [-0.3, -0.25) is 14.9 Å². The van der Waals surface area contributed by atoms with Gasteiger partial charge < -0.3 is 5.32 Å². The molecular weight excluding hydrogens is 420 g/mol. The molecule has 2 heterocycles. The number of halogens is 1. The average molecular weight is 433 g/mol. The number of rotatable bonds is 4. The number of hydrogen-bond donors (Lipinski definition) is 1. The van der Waals surface area contributed by atoms with E-state index < -0.39 is 20.7 Å². The molecule has 0 unspecified atom stereocenters. The Morgan fingerprint density at radius 3 is 2.66 bits per heavy atom. The van der Waals surface area contributed by atoms with Crippen LogP contribution in [0.4, 0.5) is 11.5 Å². The van der Waals surface area contributed by atoms with Crippen molar-refractivity contribution in [3.63, 3.8) is 0 Å². The molecule has 1 amide bonds. The lowest BCUT2D eigenvalue weighted by atomic mass is 10.1. The second kappa shape index (κ2) is 6.98. The lowest BCUT2D eigenvalue weighted by Gasteiger charge is -2.11. The molecule has 4 rings (SSSR count). The Balaban J connectivity index is 1.81. The predicted octanol–water partition coefficient (Wildman–Crippen LogP) is 3.11. The molecule has 1 N–H and O–H groups in total. The maximum Gasteiger partial charge on any atom is 0.282 e. The van der Waals surface area contributed by atoms with Gasteiger partial charge in [-0.05, 0) is 24.3 Å². The molecule has 0 bridgehead atoms. The molecule has 0 spiro atoms. The summed E-state index contributed by atoms with van der Waals surface area (Å²) in [6.45, 7) is 0. The molecule has 9 nitrogen and oxygen atoms in total. The SMILES string of the molecule is O=C(Nc1c2c(nn1-c1cccc(Cl)c1)CS(=O)(=O)C2)c1ccccc1[N+](=O)[O-]. The van der Waals surface area contributed by atoms with Crippen LogP contribution >= 0.6 is 11.6 Å². The monoisotopic (exact) mass is 432 g/mol. The van der Waals surface area contributed by atoms with Gasteiger partial charge in [0.25, 0.3) is 11.6 Å². The maximum atomic E-state index is 12.8. The van der Waals surface area contributed by atoms with E-state index in [-0.39, 0.29) is 28.6 Å². The summed E-state index contributed by atoms with van der Waals surface area (Å²) in [7, 11) is -3.38. The average Bonchev–Trinajstić information content (AvgIpc) is 3.14. The van der Waals surface area contributed by atoms with E-state index in [2.05, 4.69) is 10.4 Å². The van der Waals surface area contributed by atoms with Gasteiger partial charge in [0.05, 0.1) is 27.8 Å². The lowest BCUT2D eigenvalue weighted by molar-refractivity contribution is -0.385. The van der Waals surface area contributed by atoms with E-state index in [0.29, 0.717) is 22.0 Å². The molecule has 29 heavy (non-hydrogen) atoms. The molecule has 0 saturated carbocycles. The smallest absolute Gasteiger partial charge is 0.282 e. The van der Waals surface area contributed by atoms with Crippen molar-refractivity contribution in [3.8, 4) is 5.69 Å². The molecule has 0 radical (unpaired) electrons. The third kappa shape index (κ3) is 3.59. The summed E-state index contributed by atoms with van der Waals surface area (Å²) in [4.78, 5) is 23.4. The number of aromatic nitrogens is 2. The molecule has 1 aliphatic heterocycles. The van der Waals surface area contributed by atoms with E-state index in [4.69, 9.17) is 11.6 Å². The first kappa shape index (κ1) is 19.1. The van der Waals surface area contributed by atoms with Crippen LogP contribution in [0.15, 0.2) is 48.5 Å². The van der Waals surface area contributed by atoms with Crippen molar-refractivity contribution in [2.75, 3.05) is 5.32 Å². The van der Waals surface area contributed by atoms with E-state index in [0.717, 1.165) is 0 Å². The normalized spacial score (nSPS) is 14.4. The van der Waals surface area contributed by atoms with Gasteiger partial charge >= 0.3 is 0 Å². The van der Waals surface area contributed by atoms with Crippen molar-refractivity contribution in [1.82, 2.24) is 9.78 Å². The van der Waals surface area contributed by atoms with Gasteiger partial charge in [0.15, 0.2) is 9.84 Å². The van der Waals surface area contributed by atoms with Crippen LogP contribution in [0.3, 0.4) is 0 Å². The number of sulfone groups is 1. The van der Waals surface area contributed by atoms with Crippen molar-refractivity contribution in [1.29, 1.82) is 0 Å². The molecule has 2 aromatic carbocycles. The van der Waals surface area contributed by atoms with Crippen LogP contribution in [-0.2, 0) is 21.3 Å². The molecule has 1 aromatic heterocycles. The van der Waals surface area contributed by atoms with Gasteiger partial charge in [0.1, 0.15) is 11.4 Å². The van der Waals surface area contributed by atoms with Gasteiger partial charge in [0, 0.05) is 16.7 Å². The molecule has 148 valence electrons. The molecule has 0 aliphatic carbocycles. The zero-order valence-electron chi connectivity index (χ0n) is 14.7. The number of benzene rings is 2. The second-order valence-electron chi connectivity index (χ2n) is 6.43. The molecule has 1 aliphatic rings. The Labute approximate surface area is 170 Å². The van der Waals surface area contributed by atoms with Crippen molar-refractivity contribution in [3.05, 3.63) is 80.5 Å². The highest BCUT2D eigenvalue weighted by Crippen LogP contribution is 2.34. The fourth-order valence-electron chi connectivity index (χ4n) is 3.17. The van der Waals surface area contributed by atoms with Gasteiger partial charge in [-0.25, -0.2) is 13.1 Å². The first-order valence-corrected chi connectivity index (χ1v) is 10.6. The van der Waals surface area contributed by atoms with E-state index in [1.165, 1.54) is 28.9 Å². The minimum absolute atomic E-state index is 0.145. The summed E-state index contributed by atoms with van der Waals surface area (Å²) in [5, 5.41) is 18.6. The standard InChI is InChI=1S/C18H13ClN4O5S/c19-11-4-3-5-12(8-11)22-17(14-9-29(27,28)10-15(14)21-22)20-18(24)13-6-1-2-7-16(13)23(25)26/h1-8H,9-10H2,(H,20,24). The molecule has 3 aromatic rings. The van der Waals surface area contributed by atoms with Gasteiger partial charge in [-0.15, -0.1) is 0 Å². The zero-order valence-corrected chi connectivity index (χ0v) is 16.3. The van der Waals surface area contributed by atoms with Gasteiger partial charge in [0.2, 0.25) is 0 Å². The zero-order chi connectivity index (χ0) is 20.8. The van der Waals surface area contributed by atoms with Crippen molar-refractivity contribution < 1.29 is 18.1 Å². The number of fused-ring (bicyclic) bond motifs is 1. The first-order valence-electron chi connectivity index (χ1n) is 8.37. The summed E-state index contributed by atoms with van der Waals surface area (Å²) in [5.41, 5.74) is 0.691. The number of amides is 1. The van der Waals surface area contributed by atoms with Crippen LogP contribution < -0.4 is 5.32 Å². The number of carbonyl (C=O) groups excluding carboxylic acids is 1. The van der Waals surface area contributed by atoms with Crippen LogP contribution in [0.2, 0.25) is 5.02 Å². The number of para-hydroxylation sites is 1. The molecule has 0 atom stereocenters. The predicted molar refractivity (Wildman–Crippen MR) is 106 cm³/mol. The van der Waals surface area contributed by atoms with Crippen molar-refractivity contribution >= 4 is 38.9 Å². The van der Waals surface area contributed by atoms with Crippen LogP contribution in [0.1, 0.15) is 21.6 Å². The maximum absolute atomic E-state index is 12.8. The quantitative estimate of drug-likeness (QED) is 0.499. The van der Waals surface area contributed by atoms with E-state index in [1.54, 1.807) is 24.3 Å².